The van der Waals surface area contributed by atoms with Gasteiger partial charge in [-0.05, 0) is 32.6 Å². The number of aryl methyl sites for hydroxylation is 2. The summed E-state index contributed by atoms with van der Waals surface area (Å²) in [4.78, 5) is 16.6. The summed E-state index contributed by atoms with van der Waals surface area (Å²) in [5, 5.41) is 4.61. The van der Waals surface area contributed by atoms with Crippen LogP contribution in [0.2, 0.25) is 0 Å². The number of imidazole rings is 1. The number of rotatable bonds is 4. The van der Waals surface area contributed by atoms with Gasteiger partial charge in [0.25, 0.3) is 15.6 Å². The monoisotopic (exact) mass is 407 g/mol. The summed E-state index contributed by atoms with van der Waals surface area (Å²) >= 11 is 0. The van der Waals surface area contributed by atoms with Crippen LogP contribution in [0.15, 0.2) is 22.1 Å². The number of hydrogen-bond donors (Lipinski definition) is 1. The van der Waals surface area contributed by atoms with Crippen molar-refractivity contribution in [2.24, 2.45) is 7.05 Å². The van der Waals surface area contributed by atoms with Gasteiger partial charge in [0.05, 0.1) is 24.9 Å². The summed E-state index contributed by atoms with van der Waals surface area (Å²) in [5.41, 5.74) is 1.69. The topological polar surface area (TPSA) is 108 Å². The highest BCUT2D eigenvalue weighted by Crippen LogP contribution is 2.28. The third kappa shape index (κ3) is 3.76. The fourth-order valence-corrected chi connectivity index (χ4v) is 5.21. The highest BCUT2D eigenvalue weighted by Gasteiger charge is 2.29. The van der Waals surface area contributed by atoms with Crippen LogP contribution in [-0.2, 0) is 34.8 Å². The largest absolute Gasteiger partial charge is 0.376 e. The van der Waals surface area contributed by atoms with E-state index in [0.717, 1.165) is 11.3 Å². The molecule has 0 radical (unpaired) electrons. The summed E-state index contributed by atoms with van der Waals surface area (Å²) in [5.74, 6) is 0.646. The van der Waals surface area contributed by atoms with Crippen molar-refractivity contribution in [3.63, 3.8) is 0 Å². The Balaban J connectivity index is 1.43. The minimum absolute atomic E-state index is 0.00139. The number of nitrogens with zero attached hydrogens (tertiary/aromatic N) is 4. The Labute approximate surface area is 163 Å². The van der Waals surface area contributed by atoms with Gasteiger partial charge in [-0.3, -0.25) is 4.79 Å². The second-order valence-electron chi connectivity index (χ2n) is 7.57. The van der Waals surface area contributed by atoms with Gasteiger partial charge in [-0.25, -0.2) is 22.8 Å². The fraction of sp³-hybridized carbons (Fsp3) is 0.611. The molecule has 4 rings (SSSR count). The van der Waals surface area contributed by atoms with Crippen LogP contribution in [0.3, 0.4) is 0 Å². The average Bonchev–Trinajstić information content (AvgIpc) is 3.01. The van der Waals surface area contributed by atoms with E-state index in [1.165, 1.54) is 6.20 Å². The maximum atomic E-state index is 12.6. The van der Waals surface area contributed by atoms with Gasteiger partial charge in [0.15, 0.2) is 5.03 Å². The van der Waals surface area contributed by atoms with E-state index in [2.05, 4.69) is 14.8 Å². The van der Waals surface area contributed by atoms with Crippen LogP contribution < -0.4 is 10.3 Å². The molecule has 0 spiro atoms. The molecule has 1 aliphatic carbocycles. The molecule has 28 heavy (non-hydrogen) atoms. The Morgan fingerprint density at radius 2 is 2.00 bits per heavy atom. The van der Waals surface area contributed by atoms with Gasteiger partial charge in [0, 0.05) is 37.3 Å². The fourth-order valence-electron chi connectivity index (χ4n) is 3.86. The zero-order chi connectivity index (χ0) is 19.9. The Hall–Kier alpha value is -2.04. The van der Waals surface area contributed by atoms with Crippen molar-refractivity contribution in [1.82, 2.24) is 24.1 Å². The van der Waals surface area contributed by atoms with Gasteiger partial charge in [0.1, 0.15) is 5.82 Å². The normalized spacial score (nSPS) is 22.8. The van der Waals surface area contributed by atoms with Gasteiger partial charge in [0.2, 0.25) is 0 Å². The van der Waals surface area contributed by atoms with E-state index in [-0.39, 0.29) is 22.7 Å². The molecule has 0 aromatic carbocycles. The van der Waals surface area contributed by atoms with E-state index in [9.17, 15) is 13.2 Å². The minimum Gasteiger partial charge on any atom is -0.376 e. The first-order valence-corrected chi connectivity index (χ1v) is 11.0. The summed E-state index contributed by atoms with van der Waals surface area (Å²) in [6, 6.07) is 1.46. The molecule has 1 saturated carbocycles. The molecule has 10 heteroatoms. The lowest BCUT2D eigenvalue weighted by molar-refractivity contribution is 0.107. The molecule has 0 unspecified atom stereocenters. The second-order valence-corrected chi connectivity index (χ2v) is 9.23. The van der Waals surface area contributed by atoms with Gasteiger partial charge >= 0.3 is 0 Å². The first kappa shape index (κ1) is 19.3. The molecule has 3 heterocycles. The molecule has 2 aliphatic rings. The zero-order valence-corrected chi connectivity index (χ0v) is 16.9. The molecular formula is C18H25N5O4S. The van der Waals surface area contributed by atoms with Crippen molar-refractivity contribution < 1.29 is 13.2 Å². The summed E-state index contributed by atoms with van der Waals surface area (Å²) in [7, 11) is -1.88. The average molecular weight is 407 g/mol. The molecule has 1 N–H and O–H groups in total. The van der Waals surface area contributed by atoms with Crippen LogP contribution in [0.1, 0.15) is 48.8 Å². The van der Waals surface area contributed by atoms with E-state index in [0.29, 0.717) is 51.1 Å². The lowest BCUT2D eigenvalue weighted by Crippen LogP contribution is -2.40. The van der Waals surface area contributed by atoms with Crippen LogP contribution in [0.4, 0.5) is 0 Å². The quantitative estimate of drug-likeness (QED) is 0.804. The van der Waals surface area contributed by atoms with Crippen LogP contribution in [0.25, 0.3) is 0 Å². The van der Waals surface area contributed by atoms with Crippen molar-refractivity contribution >= 4 is 10.0 Å². The highest BCUT2D eigenvalue weighted by atomic mass is 32.2. The molecule has 1 aliphatic heterocycles. The molecule has 0 saturated heterocycles. The third-order valence-electron chi connectivity index (χ3n) is 5.59. The predicted octanol–water partition coefficient (Wildman–Crippen LogP) is 0.820. The van der Waals surface area contributed by atoms with E-state index in [1.54, 1.807) is 29.3 Å². The van der Waals surface area contributed by atoms with Gasteiger partial charge in [-0.15, -0.1) is 0 Å². The smallest absolute Gasteiger partial charge is 0.267 e. The molecule has 0 atom stereocenters. The van der Waals surface area contributed by atoms with Crippen LogP contribution in [-0.4, -0.2) is 40.4 Å². The Morgan fingerprint density at radius 3 is 2.68 bits per heavy atom. The van der Waals surface area contributed by atoms with Crippen LogP contribution in [0, 0.1) is 6.92 Å². The number of aromatic nitrogens is 4. The van der Waals surface area contributed by atoms with Crippen molar-refractivity contribution in [3.05, 3.63) is 39.7 Å². The number of nitrogens with one attached hydrogen (secondary N) is 1. The molecule has 9 nitrogen and oxygen atoms in total. The predicted molar refractivity (Wildman–Crippen MR) is 101 cm³/mol. The standard InChI is InChI=1S/C18H25N5O4S/c1-12-19-17(10-22(12)2)28(25,26)21-14-3-5-15(6-4-14)23-18(24)9-13-11-27-8-7-16(13)20-23/h9-10,14-15,21H,3-8,11H2,1-2H3. The third-order valence-corrected chi connectivity index (χ3v) is 6.98. The first-order chi connectivity index (χ1) is 13.3. The molecule has 0 amide bonds. The summed E-state index contributed by atoms with van der Waals surface area (Å²) < 4.78 is 36.5. The Morgan fingerprint density at radius 1 is 1.25 bits per heavy atom. The number of sulfonamides is 1. The molecule has 2 aromatic rings. The van der Waals surface area contributed by atoms with Gasteiger partial charge in [-0.1, -0.05) is 0 Å². The van der Waals surface area contributed by atoms with Crippen molar-refractivity contribution in [3.8, 4) is 0 Å². The maximum Gasteiger partial charge on any atom is 0.267 e. The number of hydrogen-bond acceptors (Lipinski definition) is 6. The zero-order valence-electron chi connectivity index (χ0n) is 16.1. The van der Waals surface area contributed by atoms with E-state index >= 15 is 0 Å². The van der Waals surface area contributed by atoms with Crippen LogP contribution >= 0.6 is 0 Å². The number of fused-ring (bicyclic) bond motifs is 1. The Kier molecular flexibility index (Phi) is 5.11. The van der Waals surface area contributed by atoms with E-state index < -0.39 is 10.0 Å². The van der Waals surface area contributed by atoms with E-state index in [4.69, 9.17) is 4.74 Å². The molecule has 0 bridgehead atoms. The molecular weight excluding hydrogens is 382 g/mol. The second kappa shape index (κ2) is 7.41. The van der Waals surface area contributed by atoms with Gasteiger partial charge in [-0.2, -0.15) is 5.10 Å². The SMILES string of the molecule is Cc1nc(S(=O)(=O)NC2CCC(n3nc4c(cc3=O)COCC4)CC2)cn1C. The van der Waals surface area contributed by atoms with Crippen LogP contribution in [0.5, 0.6) is 0 Å². The van der Waals surface area contributed by atoms with E-state index in [1.807, 2.05) is 0 Å². The maximum absolute atomic E-state index is 12.6. The molecule has 2 aromatic heterocycles. The Bertz CT molecular complexity index is 1020. The summed E-state index contributed by atoms with van der Waals surface area (Å²) in [6.07, 6.45) is 4.96. The lowest BCUT2D eigenvalue weighted by atomic mass is 9.92. The van der Waals surface area contributed by atoms with Crippen molar-refractivity contribution in [2.45, 2.75) is 62.7 Å². The van der Waals surface area contributed by atoms with Gasteiger partial charge < -0.3 is 9.30 Å². The minimum atomic E-state index is -3.64. The lowest BCUT2D eigenvalue weighted by Gasteiger charge is -2.30. The molecule has 1 fully saturated rings. The van der Waals surface area contributed by atoms with Crippen molar-refractivity contribution in [1.29, 1.82) is 0 Å². The highest BCUT2D eigenvalue weighted by molar-refractivity contribution is 7.89. The van der Waals surface area contributed by atoms with Crippen molar-refractivity contribution in [2.75, 3.05) is 6.61 Å². The molecule has 152 valence electrons. The summed E-state index contributed by atoms with van der Waals surface area (Å²) in [6.45, 7) is 2.83. The number of ether oxygens (including phenoxy) is 1. The first-order valence-electron chi connectivity index (χ1n) is 9.55.